The number of hydrogen-bond donors (Lipinski definition) is 0. The lowest BCUT2D eigenvalue weighted by Gasteiger charge is -2.15. The molecule has 1 aromatic rings. The molecule has 0 aromatic heterocycles. The summed E-state index contributed by atoms with van der Waals surface area (Å²) in [5, 5.41) is -1.70. The van der Waals surface area contributed by atoms with Crippen molar-refractivity contribution in [1.29, 1.82) is 0 Å². The van der Waals surface area contributed by atoms with Gasteiger partial charge in [0.1, 0.15) is 11.1 Å². The van der Waals surface area contributed by atoms with Crippen LogP contribution in [0.3, 0.4) is 0 Å². The van der Waals surface area contributed by atoms with Gasteiger partial charge in [0.05, 0.1) is 12.1 Å². The minimum Gasteiger partial charge on any atom is -0.272 e. The number of sulfonamides is 1. The molecule has 3 nitrogen and oxygen atoms in total. The molecule has 0 spiro atoms. The summed E-state index contributed by atoms with van der Waals surface area (Å²) < 4.78 is 74.6. The Kier molecular flexibility index (Phi) is 2.80. The first-order valence-electron chi connectivity index (χ1n) is 4.97. The highest BCUT2D eigenvalue weighted by Crippen LogP contribution is 2.46. The van der Waals surface area contributed by atoms with Gasteiger partial charge in [-0.1, -0.05) is 6.07 Å². The molecule has 1 unspecified atom stereocenters. The molecular formula is C10H9F4NO2S. The van der Waals surface area contributed by atoms with Crippen LogP contribution in [0.15, 0.2) is 18.2 Å². The lowest BCUT2D eigenvalue weighted by Crippen LogP contribution is -2.26. The van der Waals surface area contributed by atoms with Gasteiger partial charge in [0.15, 0.2) is 0 Å². The van der Waals surface area contributed by atoms with Crippen molar-refractivity contribution in [3.63, 3.8) is 0 Å². The zero-order valence-electron chi connectivity index (χ0n) is 9.20. The van der Waals surface area contributed by atoms with Crippen LogP contribution < -0.4 is 4.31 Å². The van der Waals surface area contributed by atoms with Crippen molar-refractivity contribution in [2.24, 2.45) is 0 Å². The zero-order valence-corrected chi connectivity index (χ0v) is 10.0. The molecule has 0 aliphatic carbocycles. The molecule has 0 radical (unpaired) electrons. The molecule has 0 saturated carbocycles. The van der Waals surface area contributed by atoms with Crippen molar-refractivity contribution < 1.29 is 26.0 Å². The molecule has 8 heteroatoms. The normalized spacial score (nSPS) is 22.1. The summed E-state index contributed by atoms with van der Waals surface area (Å²) in [4.78, 5) is 0. The molecule has 1 heterocycles. The van der Waals surface area contributed by atoms with Crippen molar-refractivity contribution in [2.45, 2.75) is 17.8 Å². The molecule has 0 N–H and O–H groups in total. The standard InChI is InChI=1S/C10H9F4NO2S/c1-15-8-4-6(11)2-3-7(8)9(18(15,16)17)5-10(12,13)14/h2-4,9H,5H2,1H3. The highest BCUT2D eigenvalue weighted by Gasteiger charge is 2.47. The topological polar surface area (TPSA) is 37.4 Å². The van der Waals surface area contributed by atoms with Gasteiger partial charge in [-0.25, -0.2) is 12.8 Å². The third-order valence-corrected chi connectivity index (χ3v) is 4.94. The van der Waals surface area contributed by atoms with E-state index >= 15 is 0 Å². The highest BCUT2D eigenvalue weighted by atomic mass is 32.2. The number of benzene rings is 1. The minimum atomic E-state index is -4.60. The Hall–Kier alpha value is -1.31. The molecule has 18 heavy (non-hydrogen) atoms. The van der Waals surface area contributed by atoms with E-state index in [1.807, 2.05) is 0 Å². The number of alkyl halides is 3. The van der Waals surface area contributed by atoms with E-state index in [-0.39, 0.29) is 11.3 Å². The maximum atomic E-state index is 13.0. The van der Waals surface area contributed by atoms with Crippen molar-refractivity contribution in [2.75, 3.05) is 11.4 Å². The van der Waals surface area contributed by atoms with Crippen LogP contribution in [0.4, 0.5) is 23.2 Å². The van der Waals surface area contributed by atoms with Gasteiger partial charge < -0.3 is 0 Å². The molecule has 1 aromatic carbocycles. The van der Waals surface area contributed by atoms with E-state index in [4.69, 9.17) is 0 Å². The molecule has 1 aliphatic heterocycles. The SMILES string of the molecule is CN1c2cc(F)ccc2C(CC(F)(F)F)S1(=O)=O. The van der Waals surface area contributed by atoms with Gasteiger partial charge in [-0.2, -0.15) is 13.2 Å². The number of fused-ring (bicyclic) bond motifs is 1. The lowest BCUT2D eigenvalue weighted by atomic mass is 10.1. The lowest BCUT2D eigenvalue weighted by molar-refractivity contribution is -0.134. The highest BCUT2D eigenvalue weighted by molar-refractivity contribution is 7.93. The molecular weight excluding hydrogens is 274 g/mol. The third-order valence-electron chi connectivity index (χ3n) is 2.84. The largest absolute Gasteiger partial charge is 0.390 e. The quantitative estimate of drug-likeness (QED) is 0.743. The second kappa shape index (κ2) is 3.84. The van der Waals surface area contributed by atoms with Gasteiger partial charge in [-0.3, -0.25) is 4.31 Å². The predicted octanol–water partition coefficient (Wildman–Crippen LogP) is 2.60. The van der Waals surface area contributed by atoms with Crippen molar-refractivity contribution in [3.8, 4) is 0 Å². The maximum Gasteiger partial charge on any atom is 0.390 e. The van der Waals surface area contributed by atoms with Crippen molar-refractivity contribution in [1.82, 2.24) is 0 Å². The molecule has 1 atom stereocenters. The van der Waals surface area contributed by atoms with Crippen molar-refractivity contribution in [3.05, 3.63) is 29.6 Å². The Morgan fingerprint density at radius 3 is 2.50 bits per heavy atom. The summed E-state index contributed by atoms with van der Waals surface area (Å²) in [6, 6.07) is 2.96. The van der Waals surface area contributed by atoms with Crippen LogP contribution in [-0.2, 0) is 10.0 Å². The Bertz CT molecular complexity index is 582. The Labute approximate surface area is 101 Å². The van der Waals surface area contributed by atoms with Gasteiger partial charge in [0.2, 0.25) is 10.0 Å². The van der Waals surface area contributed by atoms with Gasteiger partial charge in [0.25, 0.3) is 0 Å². The van der Waals surface area contributed by atoms with E-state index in [0.29, 0.717) is 4.31 Å². The molecule has 0 fully saturated rings. The van der Waals surface area contributed by atoms with E-state index in [1.165, 1.54) is 0 Å². The van der Waals surface area contributed by atoms with E-state index in [1.54, 1.807) is 0 Å². The van der Waals surface area contributed by atoms with E-state index < -0.39 is 33.7 Å². The Balaban J connectivity index is 2.55. The Morgan fingerprint density at radius 1 is 1.33 bits per heavy atom. The molecule has 0 saturated heterocycles. The number of nitrogens with zero attached hydrogens (tertiary/aromatic N) is 1. The number of anilines is 1. The summed E-state index contributed by atoms with van der Waals surface area (Å²) in [5.74, 6) is -0.691. The molecule has 100 valence electrons. The fourth-order valence-electron chi connectivity index (χ4n) is 1.98. The van der Waals surface area contributed by atoms with E-state index in [9.17, 15) is 26.0 Å². The smallest absolute Gasteiger partial charge is 0.272 e. The second-order valence-electron chi connectivity index (χ2n) is 4.02. The van der Waals surface area contributed by atoms with Crippen LogP contribution in [0.1, 0.15) is 17.2 Å². The van der Waals surface area contributed by atoms with Crippen LogP contribution in [0.25, 0.3) is 0 Å². The summed E-state index contributed by atoms with van der Waals surface area (Å²) >= 11 is 0. The van der Waals surface area contributed by atoms with Crippen molar-refractivity contribution >= 4 is 15.7 Å². The van der Waals surface area contributed by atoms with E-state index in [2.05, 4.69) is 0 Å². The molecule has 0 amide bonds. The minimum absolute atomic E-state index is 0.0174. The fourth-order valence-corrected chi connectivity index (χ4v) is 3.71. The van der Waals surface area contributed by atoms with Crippen LogP contribution in [0, 0.1) is 5.82 Å². The van der Waals surface area contributed by atoms with Gasteiger partial charge in [-0.05, 0) is 17.7 Å². The van der Waals surface area contributed by atoms with Crippen LogP contribution >= 0.6 is 0 Å². The first kappa shape index (κ1) is 13.1. The maximum absolute atomic E-state index is 13.0. The number of hydrogen-bond acceptors (Lipinski definition) is 2. The van der Waals surface area contributed by atoms with E-state index in [0.717, 1.165) is 25.2 Å². The molecule has 1 aliphatic rings. The number of rotatable bonds is 1. The van der Waals surface area contributed by atoms with Crippen LogP contribution in [-0.4, -0.2) is 21.6 Å². The van der Waals surface area contributed by atoms with Gasteiger partial charge in [-0.15, -0.1) is 0 Å². The number of halogens is 4. The predicted molar refractivity (Wildman–Crippen MR) is 57.1 cm³/mol. The van der Waals surface area contributed by atoms with Gasteiger partial charge in [0, 0.05) is 7.05 Å². The molecule has 2 rings (SSSR count). The van der Waals surface area contributed by atoms with Crippen LogP contribution in [0.2, 0.25) is 0 Å². The summed E-state index contributed by atoms with van der Waals surface area (Å²) in [6.45, 7) is 0. The Morgan fingerprint density at radius 2 is 1.94 bits per heavy atom. The van der Waals surface area contributed by atoms with Gasteiger partial charge >= 0.3 is 6.18 Å². The zero-order chi connectivity index (χ0) is 13.7. The summed E-state index contributed by atoms with van der Waals surface area (Å²) in [7, 11) is -3.01. The van der Waals surface area contributed by atoms with Crippen LogP contribution in [0.5, 0.6) is 0 Å². The first-order valence-corrected chi connectivity index (χ1v) is 6.47. The summed E-state index contributed by atoms with van der Waals surface area (Å²) in [5.41, 5.74) is -0.0551. The average Bonchev–Trinajstić information content (AvgIpc) is 2.39. The third kappa shape index (κ3) is 2.05. The average molecular weight is 283 g/mol. The fraction of sp³-hybridized carbons (Fsp3) is 0.400. The summed E-state index contributed by atoms with van der Waals surface area (Å²) in [6.07, 6.45) is -6.08. The first-order chi connectivity index (χ1) is 8.13. The second-order valence-corrected chi connectivity index (χ2v) is 6.17. The monoisotopic (exact) mass is 283 g/mol. The molecule has 0 bridgehead atoms.